The Kier molecular flexibility index (Phi) is 3.86. The predicted molar refractivity (Wildman–Crippen MR) is 86.6 cm³/mol. The van der Waals surface area contributed by atoms with E-state index in [2.05, 4.69) is 0 Å². The second kappa shape index (κ2) is 5.52. The Bertz CT molecular complexity index is 790. The summed E-state index contributed by atoms with van der Waals surface area (Å²) in [5.41, 5.74) is 2.47. The molecule has 0 aliphatic carbocycles. The summed E-state index contributed by atoms with van der Waals surface area (Å²) in [6.45, 7) is 0.489. The van der Waals surface area contributed by atoms with Gasteiger partial charge in [-0.25, -0.2) is 8.42 Å². The fourth-order valence-corrected chi connectivity index (χ4v) is 4.44. The summed E-state index contributed by atoms with van der Waals surface area (Å²) < 4.78 is 26.7. The first-order valence-electron chi connectivity index (χ1n) is 6.49. The van der Waals surface area contributed by atoms with Gasteiger partial charge in [0.1, 0.15) is 0 Å². The van der Waals surface area contributed by atoms with Crippen molar-refractivity contribution in [2.24, 2.45) is 0 Å². The number of para-hydroxylation sites is 1. The van der Waals surface area contributed by atoms with Crippen molar-refractivity contribution in [2.45, 2.75) is 12.2 Å². The lowest BCUT2D eigenvalue weighted by molar-refractivity contribution is 0.591. The molecule has 0 amide bonds. The Balaban J connectivity index is 1.90. The van der Waals surface area contributed by atoms with Crippen LogP contribution in [0, 0.1) is 0 Å². The maximum atomic E-state index is 12.6. The molecule has 0 atom stereocenters. The van der Waals surface area contributed by atoms with E-state index in [0.29, 0.717) is 22.2 Å². The van der Waals surface area contributed by atoms with Crippen molar-refractivity contribution < 1.29 is 8.42 Å². The summed E-state index contributed by atoms with van der Waals surface area (Å²) in [5, 5.41) is 0.788. The van der Waals surface area contributed by atoms with E-state index in [1.807, 2.05) is 24.3 Å². The highest BCUT2D eigenvalue weighted by molar-refractivity contribution is 7.92. The van der Waals surface area contributed by atoms with Gasteiger partial charge in [-0.15, -0.1) is 0 Å². The van der Waals surface area contributed by atoms with E-state index in [1.54, 1.807) is 18.2 Å². The van der Waals surface area contributed by atoms with Crippen LogP contribution in [-0.2, 0) is 22.2 Å². The van der Waals surface area contributed by atoms with E-state index < -0.39 is 10.0 Å². The van der Waals surface area contributed by atoms with E-state index in [0.717, 1.165) is 17.7 Å². The number of hydrogen-bond donors (Lipinski definition) is 0. The van der Waals surface area contributed by atoms with Crippen molar-refractivity contribution in [3.8, 4) is 0 Å². The van der Waals surface area contributed by atoms with Gasteiger partial charge in [-0.1, -0.05) is 47.5 Å². The van der Waals surface area contributed by atoms with Gasteiger partial charge in [-0.3, -0.25) is 4.31 Å². The van der Waals surface area contributed by atoms with Crippen LogP contribution in [-0.4, -0.2) is 15.0 Å². The van der Waals surface area contributed by atoms with Gasteiger partial charge < -0.3 is 0 Å². The summed E-state index contributed by atoms with van der Waals surface area (Å²) in [4.78, 5) is 0. The van der Waals surface area contributed by atoms with Crippen molar-refractivity contribution in [2.75, 3.05) is 10.8 Å². The molecule has 0 unspecified atom stereocenters. The maximum absolute atomic E-state index is 12.6. The Morgan fingerprint density at radius 1 is 1.05 bits per heavy atom. The minimum atomic E-state index is -3.42. The Labute approximate surface area is 134 Å². The van der Waals surface area contributed by atoms with Gasteiger partial charge in [-0.2, -0.15) is 0 Å². The molecule has 6 heteroatoms. The van der Waals surface area contributed by atoms with Crippen LogP contribution in [0.15, 0.2) is 42.5 Å². The Hall–Kier alpha value is -1.23. The van der Waals surface area contributed by atoms with E-state index >= 15 is 0 Å². The van der Waals surface area contributed by atoms with Gasteiger partial charge in [0, 0.05) is 6.54 Å². The molecular weight excluding hydrogens is 329 g/mol. The van der Waals surface area contributed by atoms with Crippen molar-refractivity contribution >= 4 is 38.9 Å². The monoisotopic (exact) mass is 341 g/mol. The van der Waals surface area contributed by atoms with Crippen LogP contribution in [0.2, 0.25) is 10.0 Å². The Morgan fingerprint density at radius 3 is 2.57 bits per heavy atom. The number of anilines is 1. The minimum absolute atomic E-state index is 0.0851. The number of fused-ring (bicyclic) bond motifs is 1. The Morgan fingerprint density at radius 2 is 1.81 bits per heavy atom. The SMILES string of the molecule is O=S(=O)(Cc1ccc(Cl)c(Cl)c1)N1CCc2ccccc21. The first-order valence-corrected chi connectivity index (χ1v) is 8.86. The molecule has 3 nitrogen and oxygen atoms in total. The molecule has 0 bridgehead atoms. The molecule has 0 aromatic heterocycles. The van der Waals surface area contributed by atoms with Crippen molar-refractivity contribution in [3.63, 3.8) is 0 Å². The van der Waals surface area contributed by atoms with Crippen molar-refractivity contribution in [1.82, 2.24) is 0 Å². The van der Waals surface area contributed by atoms with E-state index in [-0.39, 0.29) is 5.75 Å². The van der Waals surface area contributed by atoms with Crippen LogP contribution in [0.4, 0.5) is 5.69 Å². The fraction of sp³-hybridized carbons (Fsp3) is 0.200. The highest BCUT2D eigenvalue weighted by atomic mass is 35.5. The summed E-state index contributed by atoms with van der Waals surface area (Å²) in [5.74, 6) is -0.0851. The first kappa shape index (κ1) is 14.7. The molecule has 0 saturated heterocycles. The van der Waals surface area contributed by atoms with Crippen molar-refractivity contribution in [3.05, 3.63) is 63.6 Å². The maximum Gasteiger partial charge on any atom is 0.239 e. The van der Waals surface area contributed by atoms with Crippen LogP contribution >= 0.6 is 23.2 Å². The van der Waals surface area contributed by atoms with Crippen molar-refractivity contribution in [1.29, 1.82) is 0 Å². The number of rotatable bonds is 3. The normalized spacial score (nSPS) is 14.3. The zero-order valence-corrected chi connectivity index (χ0v) is 13.4. The van der Waals surface area contributed by atoms with Crippen LogP contribution in [0.3, 0.4) is 0 Å². The van der Waals surface area contributed by atoms with Gasteiger partial charge in [0.2, 0.25) is 10.0 Å². The minimum Gasteiger partial charge on any atom is -0.269 e. The topological polar surface area (TPSA) is 37.4 Å². The standard InChI is InChI=1S/C15H13Cl2NO2S/c16-13-6-5-11(9-14(13)17)10-21(19,20)18-8-7-12-3-1-2-4-15(12)18/h1-6,9H,7-8,10H2. The summed E-state index contributed by atoms with van der Waals surface area (Å²) in [7, 11) is -3.42. The van der Waals surface area contributed by atoms with E-state index in [4.69, 9.17) is 23.2 Å². The molecule has 0 spiro atoms. The second-order valence-electron chi connectivity index (χ2n) is 4.96. The highest BCUT2D eigenvalue weighted by Crippen LogP contribution is 2.31. The van der Waals surface area contributed by atoms with Crippen LogP contribution < -0.4 is 4.31 Å². The number of nitrogens with zero attached hydrogens (tertiary/aromatic N) is 1. The number of benzene rings is 2. The van der Waals surface area contributed by atoms with Gasteiger partial charge in [0.25, 0.3) is 0 Å². The van der Waals surface area contributed by atoms with Crippen LogP contribution in [0.1, 0.15) is 11.1 Å². The van der Waals surface area contributed by atoms with E-state index in [1.165, 1.54) is 4.31 Å². The average Bonchev–Trinajstić information content (AvgIpc) is 2.87. The van der Waals surface area contributed by atoms with Crippen LogP contribution in [0.5, 0.6) is 0 Å². The number of halogens is 2. The molecule has 0 fully saturated rings. The zero-order chi connectivity index (χ0) is 15.0. The lowest BCUT2D eigenvalue weighted by Crippen LogP contribution is -2.30. The average molecular weight is 342 g/mol. The molecule has 0 radical (unpaired) electrons. The summed E-state index contributed by atoms with van der Waals surface area (Å²) >= 11 is 11.8. The van der Waals surface area contributed by atoms with Gasteiger partial charge in [0.05, 0.1) is 21.5 Å². The third-order valence-corrected chi connectivity index (χ3v) is 6.00. The third kappa shape index (κ3) is 2.89. The number of sulfonamides is 1. The smallest absolute Gasteiger partial charge is 0.239 e. The van der Waals surface area contributed by atoms with Crippen LogP contribution in [0.25, 0.3) is 0 Å². The molecular formula is C15H13Cl2NO2S. The lowest BCUT2D eigenvalue weighted by atomic mass is 10.2. The highest BCUT2D eigenvalue weighted by Gasteiger charge is 2.29. The fourth-order valence-electron chi connectivity index (χ4n) is 2.51. The molecule has 1 aliphatic heterocycles. The summed E-state index contributed by atoms with van der Waals surface area (Å²) in [6.07, 6.45) is 0.747. The molecule has 2 aromatic carbocycles. The zero-order valence-electron chi connectivity index (χ0n) is 11.1. The third-order valence-electron chi connectivity index (χ3n) is 3.51. The number of hydrogen-bond acceptors (Lipinski definition) is 2. The molecule has 21 heavy (non-hydrogen) atoms. The summed E-state index contributed by atoms with van der Waals surface area (Å²) in [6, 6.07) is 12.5. The lowest BCUT2D eigenvalue weighted by Gasteiger charge is -2.19. The molecule has 110 valence electrons. The molecule has 1 heterocycles. The quantitative estimate of drug-likeness (QED) is 0.849. The molecule has 0 N–H and O–H groups in total. The molecule has 1 aliphatic rings. The van der Waals surface area contributed by atoms with E-state index in [9.17, 15) is 8.42 Å². The van der Waals surface area contributed by atoms with Gasteiger partial charge in [-0.05, 0) is 35.7 Å². The largest absolute Gasteiger partial charge is 0.269 e. The van der Waals surface area contributed by atoms with Gasteiger partial charge >= 0.3 is 0 Å². The van der Waals surface area contributed by atoms with Gasteiger partial charge in [0.15, 0.2) is 0 Å². The second-order valence-corrected chi connectivity index (χ2v) is 7.66. The first-order chi connectivity index (χ1) is 9.97. The molecule has 3 rings (SSSR count). The molecule has 0 saturated carbocycles. The molecule has 2 aromatic rings. The predicted octanol–water partition coefficient (Wildman–Crippen LogP) is 3.89.